The maximum absolute atomic E-state index is 12.9. The molecule has 1 fully saturated rings. The van der Waals surface area contributed by atoms with Gasteiger partial charge in [0.25, 0.3) is 0 Å². The minimum absolute atomic E-state index is 0. The second-order valence-corrected chi connectivity index (χ2v) is 7.67. The molecule has 0 aliphatic heterocycles. The van der Waals surface area contributed by atoms with E-state index in [1.165, 1.54) is 6.07 Å². The number of halogens is 4. The number of benzene rings is 1. The first kappa shape index (κ1) is 21.0. The molecule has 1 aromatic carbocycles. The van der Waals surface area contributed by atoms with Crippen LogP contribution < -0.4 is 5.73 Å². The van der Waals surface area contributed by atoms with E-state index in [-0.39, 0.29) is 46.9 Å². The number of alkyl halides is 3. The van der Waals surface area contributed by atoms with E-state index in [1.807, 2.05) is 0 Å². The molecule has 0 heterocycles. The molecule has 0 radical (unpaired) electrons. The Morgan fingerprint density at radius 3 is 2.38 bits per heavy atom. The van der Waals surface area contributed by atoms with Crippen molar-refractivity contribution in [1.29, 1.82) is 0 Å². The Kier molecular flexibility index (Phi) is 6.53. The second kappa shape index (κ2) is 7.46. The lowest BCUT2D eigenvalue weighted by molar-refractivity contribution is -0.137. The lowest BCUT2D eigenvalue weighted by atomic mass is 10.1. The van der Waals surface area contributed by atoms with E-state index in [1.54, 1.807) is 11.9 Å². The molecule has 0 atom stereocenters. The Labute approximate surface area is 156 Å². The normalized spacial score (nSPS) is 15.8. The van der Waals surface area contributed by atoms with Crippen LogP contribution >= 0.6 is 24.0 Å². The van der Waals surface area contributed by atoms with Crippen LogP contribution in [0.3, 0.4) is 0 Å². The quantitative estimate of drug-likeness (QED) is 0.411. The summed E-state index contributed by atoms with van der Waals surface area (Å²) in [6.45, 7) is -0.116. The molecule has 0 bridgehead atoms. The minimum Gasteiger partial charge on any atom is -0.370 e. The molecule has 1 aromatic rings. The van der Waals surface area contributed by atoms with Crippen LogP contribution in [0.25, 0.3) is 0 Å². The van der Waals surface area contributed by atoms with Gasteiger partial charge in [0.15, 0.2) is 15.8 Å². The predicted octanol–water partition coefficient (Wildman–Crippen LogP) is 2.64. The zero-order valence-corrected chi connectivity index (χ0v) is 16.3. The number of sulfone groups is 1. The Hall–Kier alpha value is -1.04. The molecule has 2 rings (SSSR count). The van der Waals surface area contributed by atoms with E-state index >= 15 is 0 Å². The van der Waals surface area contributed by atoms with E-state index in [2.05, 4.69) is 4.99 Å². The molecule has 0 aromatic heterocycles. The molecular weight excluding hydrogens is 458 g/mol. The number of aliphatic imine (C=N–C) groups is 1. The molecule has 1 aliphatic rings. The SMILES string of the molecule is CN(C(N)=NCc1cc(C(F)(F)F)cc(S(C)(=O)=O)c1)C1CC1.I. The Morgan fingerprint density at radius 2 is 1.92 bits per heavy atom. The zero-order chi connectivity index (χ0) is 17.4. The fourth-order valence-corrected chi connectivity index (χ4v) is 2.77. The first-order valence-electron chi connectivity index (χ1n) is 6.92. The van der Waals surface area contributed by atoms with Crippen LogP contribution in [0.4, 0.5) is 13.2 Å². The Bertz CT molecular complexity index is 731. The van der Waals surface area contributed by atoms with Crippen molar-refractivity contribution < 1.29 is 21.6 Å². The van der Waals surface area contributed by atoms with Crippen LogP contribution in [0.15, 0.2) is 28.1 Å². The second-order valence-electron chi connectivity index (χ2n) is 5.65. The summed E-state index contributed by atoms with van der Waals surface area (Å²) in [5.41, 5.74) is 4.92. The Balaban J connectivity index is 0.00000288. The van der Waals surface area contributed by atoms with Gasteiger partial charge >= 0.3 is 6.18 Å². The van der Waals surface area contributed by atoms with Crippen LogP contribution in [-0.2, 0) is 22.6 Å². The van der Waals surface area contributed by atoms with Gasteiger partial charge in [-0.1, -0.05) is 0 Å². The monoisotopic (exact) mass is 477 g/mol. The lowest BCUT2D eigenvalue weighted by Crippen LogP contribution is -2.35. The smallest absolute Gasteiger partial charge is 0.370 e. The van der Waals surface area contributed by atoms with E-state index in [9.17, 15) is 21.6 Å². The maximum Gasteiger partial charge on any atom is 0.416 e. The number of hydrogen-bond donors (Lipinski definition) is 1. The summed E-state index contributed by atoms with van der Waals surface area (Å²) in [7, 11) is -1.99. The summed E-state index contributed by atoms with van der Waals surface area (Å²) in [6, 6.07) is 3.04. The average Bonchev–Trinajstić information content (AvgIpc) is 3.26. The number of rotatable bonds is 4. The third kappa shape index (κ3) is 5.50. The highest BCUT2D eigenvalue weighted by Crippen LogP contribution is 2.32. The van der Waals surface area contributed by atoms with Crippen molar-refractivity contribution >= 4 is 39.8 Å². The van der Waals surface area contributed by atoms with Gasteiger partial charge in [-0.15, -0.1) is 24.0 Å². The van der Waals surface area contributed by atoms with Crippen LogP contribution in [0, 0.1) is 0 Å². The number of nitrogens with zero attached hydrogens (tertiary/aromatic N) is 2. The topological polar surface area (TPSA) is 75.8 Å². The molecule has 2 N–H and O–H groups in total. The molecule has 136 valence electrons. The van der Waals surface area contributed by atoms with Gasteiger partial charge < -0.3 is 10.6 Å². The van der Waals surface area contributed by atoms with Crippen LogP contribution in [0.2, 0.25) is 0 Å². The summed E-state index contributed by atoms with van der Waals surface area (Å²) >= 11 is 0. The van der Waals surface area contributed by atoms with Crippen molar-refractivity contribution in [2.24, 2.45) is 10.7 Å². The summed E-state index contributed by atoms with van der Waals surface area (Å²) in [5, 5.41) is 0. The van der Waals surface area contributed by atoms with Crippen molar-refractivity contribution in [1.82, 2.24) is 4.90 Å². The summed E-state index contributed by atoms with van der Waals surface area (Å²) in [6.07, 6.45) is -1.75. The van der Waals surface area contributed by atoms with Gasteiger partial charge in [-0.3, -0.25) is 0 Å². The molecule has 10 heteroatoms. The predicted molar refractivity (Wildman–Crippen MR) is 96.1 cm³/mol. The lowest BCUT2D eigenvalue weighted by Gasteiger charge is -2.17. The largest absolute Gasteiger partial charge is 0.416 e. The van der Waals surface area contributed by atoms with Gasteiger partial charge in [0.2, 0.25) is 0 Å². The fourth-order valence-electron chi connectivity index (χ4n) is 2.06. The number of guanidine groups is 1. The van der Waals surface area contributed by atoms with Crippen LogP contribution in [0.5, 0.6) is 0 Å². The first-order valence-corrected chi connectivity index (χ1v) is 8.81. The number of hydrogen-bond acceptors (Lipinski definition) is 3. The molecule has 0 unspecified atom stereocenters. The van der Waals surface area contributed by atoms with Gasteiger partial charge in [0, 0.05) is 19.3 Å². The fraction of sp³-hybridized carbons (Fsp3) is 0.500. The van der Waals surface area contributed by atoms with Crippen molar-refractivity contribution in [3.05, 3.63) is 29.3 Å². The van der Waals surface area contributed by atoms with Crippen molar-refractivity contribution in [3.8, 4) is 0 Å². The summed E-state index contributed by atoms with van der Waals surface area (Å²) < 4.78 is 61.9. The third-order valence-corrected chi connectivity index (χ3v) is 4.69. The molecule has 5 nitrogen and oxygen atoms in total. The maximum atomic E-state index is 12.9. The molecule has 0 amide bonds. The van der Waals surface area contributed by atoms with E-state index in [0.717, 1.165) is 25.2 Å². The van der Waals surface area contributed by atoms with E-state index < -0.39 is 21.6 Å². The standard InChI is InChI=1S/C14H18F3N3O2S.HI/c1-20(11-3-4-11)13(18)19-8-9-5-10(14(15,16)17)7-12(6-9)23(2,21)22;/h5-7,11H,3-4,8H2,1-2H3,(H2,18,19);1H. The van der Waals surface area contributed by atoms with Crippen LogP contribution in [-0.4, -0.2) is 38.6 Å². The highest BCUT2D eigenvalue weighted by atomic mass is 127. The van der Waals surface area contributed by atoms with Gasteiger partial charge in [-0.2, -0.15) is 13.2 Å². The highest BCUT2D eigenvalue weighted by Gasteiger charge is 2.32. The van der Waals surface area contributed by atoms with Gasteiger partial charge in [0.1, 0.15) is 0 Å². The molecular formula is C14H19F3IN3O2S. The number of nitrogens with two attached hydrogens (primary N) is 1. The molecule has 1 saturated carbocycles. The summed E-state index contributed by atoms with van der Waals surface area (Å²) in [5.74, 6) is 0.228. The third-order valence-electron chi connectivity index (χ3n) is 3.60. The molecule has 0 spiro atoms. The molecule has 0 saturated heterocycles. The van der Waals surface area contributed by atoms with Crippen molar-refractivity contribution in [2.45, 2.75) is 36.5 Å². The van der Waals surface area contributed by atoms with Crippen molar-refractivity contribution in [3.63, 3.8) is 0 Å². The zero-order valence-electron chi connectivity index (χ0n) is 13.2. The van der Waals surface area contributed by atoms with Gasteiger partial charge in [-0.05, 0) is 36.6 Å². The van der Waals surface area contributed by atoms with Gasteiger partial charge in [0.05, 0.1) is 17.0 Å². The molecule has 24 heavy (non-hydrogen) atoms. The minimum atomic E-state index is -4.63. The highest BCUT2D eigenvalue weighted by molar-refractivity contribution is 14.0. The van der Waals surface area contributed by atoms with E-state index in [0.29, 0.717) is 12.1 Å². The Morgan fingerprint density at radius 1 is 1.33 bits per heavy atom. The van der Waals surface area contributed by atoms with Crippen molar-refractivity contribution in [2.75, 3.05) is 13.3 Å². The molecule has 1 aliphatic carbocycles. The average molecular weight is 477 g/mol. The summed E-state index contributed by atoms with van der Waals surface area (Å²) in [4.78, 5) is 5.45. The first-order chi connectivity index (χ1) is 10.5. The van der Waals surface area contributed by atoms with E-state index in [4.69, 9.17) is 5.73 Å². The van der Waals surface area contributed by atoms with Gasteiger partial charge in [-0.25, -0.2) is 13.4 Å². The van der Waals surface area contributed by atoms with Crippen LogP contribution in [0.1, 0.15) is 24.0 Å².